The molecule has 1 aromatic carbocycles. The summed E-state index contributed by atoms with van der Waals surface area (Å²) in [5.41, 5.74) is 6.06. The Hall–Kier alpha value is -2.31. The first-order chi connectivity index (χ1) is 12.1. The van der Waals surface area contributed by atoms with Crippen LogP contribution in [0, 0.1) is 0 Å². The van der Waals surface area contributed by atoms with Crippen LogP contribution in [0.15, 0.2) is 48.8 Å². The zero-order valence-corrected chi connectivity index (χ0v) is 15.1. The van der Waals surface area contributed by atoms with Gasteiger partial charge in [-0.2, -0.15) is 0 Å². The molecule has 1 atom stereocenters. The average molecular weight is 354 g/mol. The van der Waals surface area contributed by atoms with Crippen molar-refractivity contribution in [3.8, 4) is 0 Å². The maximum absolute atomic E-state index is 11.3. The fraction of sp³-hybridized carbons (Fsp3) is 0.316. The molecule has 2 N–H and O–H groups in total. The van der Waals surface area contributed by atoms with Gasteiger partial charge in [0.15, 0.2) is 10.9 Å². The van der Waals surface area contributed by atoms with Crippen molar-refractivity contribution in [2.45, 2.75) is 32.2 Å². The van der Waals surface area contributed by atoms with E-state index in [0.717, 1.165) is 25.1 Å². The molecule has 5 nitrogen and oxygen atoms in total. The maximum Gasteiger partial charge on any atom is 0.185 e. The highest BCUT2D eigenvalue weighted by Crippen LogP contribution is 2.28. The Morgan fingerprint density at radius 2 is 2.04 bits per heavy atom. The van der Waals surface area contributed by atoms with Gasteiger partial charge in [0.2, 0.25) is 0 Å². The zero-order valence-electron chi connectivity index (χ0n) is 14.2. The number of pyridine rings is 1. The van der Waals surface area contributed by atoms with Gasteiger partial charge in [0, 0.05) is 30.2 Å². The minimum atomic E-state index is 0.0554. The van der Waals surface area contributed by atoms with Crippen LogP contribution in [0.1, 0.15) is 48.1 Å². The first kappa shape index (κ1) is 17.5. The summed E-state index contributed by atoms with van der Waals surface area (Å²) in [4.78, 5) is 15.6. The van der Waals surface area contributed by atoms with Crippen LogP contribution >= 0.6 is 12.2 Å². The molecule has 2 aromatic rings. The molecule has 0 radical (unpaired) electrons. The first-order valence-corrected chi connectivity index (χ1v) is 8.89. The van der Waals surface area contributed by atoms with Crippen LogP contribution in [-0.4, -0.2) is 27.4 Å². The number of rotatable bonds is 4. The van der Waals surface area contributed by atoms with Crippen molar-refractivity contribution in [2.75, 3.05) is 11.9 Å². The SMILES string of the molecule is CC(=O)c1ccc(NC(=S)NN2CCCCC2c2cccnc2)cc1. The van der Waals surface area contributed by atoms with Crippen molar-refractivity contribution >= 4 is 28.8 Å². The Morgan fingerprint density at radius 3 is 2.72 bits per heavy atom. The number of carbonyl (C=O) groups is 1. The highest BCUT2D eigenvalue weighted by Gasteiger charge is 2.24. The van der Waals surface area contributed by atoms with E-state index >= 15 is 0 Å². The molecule has 6 heteroatoms. The van der Waals surface area contributed by atoms with Gasteiger partial charge in [-0.15, -0.1) is 0 Å². The van der Waals surface area contributed by atoms with E-state index in [1.807, 2.05) is 24.4 Å². The Morgan fingerprint density at radius 1 is 1.24 bits per heavy atom. The predicted octanol–water partition coefficient (Wildman–Crippen LogP) is 3.71. The molecule has 1 fully saturated rings. The number of hydrogen-bond acceptors (Lipinski definition) is 4. The van der Waals surface area contributed by atoms with Gasteiger partial charge in [0.25, 0.3) is 0 Å². The molecule has 1 aliphatic rings. The van der Waals surface area contributed by atoms with Crippen LogP contribution in [0.5, 0.6) is 0 Å². The standard InChI is InChI=1S/C19H22N4OS/c1-14(24)15-7-9-17(10-8-15)21-19(25)22-23-12-3-2-6-18(23)16-5-4-11-20-13-16/h4-5,7-11,13,18H,2-3,6,12H2,1H3,(H2,21,22,25). The number of thiocarbonyl (C=S) groups is 1. The van der Waals surface area contributed by atoms with Gasteiger partial charge in [-0.1, -0.05) is 12.5 Å². The largest absolute Gasteiger partial charge is 0.332 e. The van der Waals surface area contributed by atoms with E-state index in [1.54, 1.807) is 25.3 Å². The number of nitrogens with zero attached hydrogens (tertiary/aromatic N) is 2. The quantitative estimate of drug-likeness (QED) is 0.645. The van der Waals surface area contributed by atoms with E-state index in [-0.39, 0.29) is 11.8 Å². The molecule has 1 unspecified atom stereocenters. The Balaban J connectivity index is 1.63. The van der Waals surface area contributed by atoms with Crippen LogP contribution in [-0.2, 0) is 0 Å². The third-order valence-electron chi connectivity index (χ3n) is 4.37. The van der Waals surface area contributed by atoms with Crippen molar-refractivity contribution in [1.29, 1.82) is 0 Å². The lowest BCUT2D eigenvalue weighted by atomic mass is 9.98. The molecule has 0 amide bonds. The number of benzene rings is 1. The van der Waals surface area contributed by atoms with Gasteiger partial charge in [-0.3, -0.25) is 15.2 Å². The second-order valence-electron chi connectivity index (χ2n) is 6.19. The lowest BCUT2D eigenvalue weighted by Crippen LogP contribution is -2.48. The monoisotopic (exact) mass is 354 g/mol. The van der Waals surface area contributed by atoms with E-state index in [1.165, 1.54) is 12.0 Å². The number of piperidine rings is 1. The zero-order chi connectivity index (χ0) is 17.6. The number of anilines is 1. The maximum atomic E-state index is 11.3. The predicted molar refractivity (Wildman–Crippen MR) is 103 cm³/mol. The summed E-state index contributed by atoms with van der Waals surface area (Å²) in [6.45, 7) is 2.49. The van der Waals surface area contributed by atoms with Gasteiger partial charge < -0.3 is 5.32 Å². The van der Waals surface area contributed by atoms with E-state index in [2.05, 4.69) is 26.8 Å². The fourth-order valence-corrected chi connectivity index (χ4v) is 3.30. The summed E-state index contributed by atoms with van der Waals surface area (Å²) in [6.07, 6.45) is 7.13. The molecule has 0 bridgehead atoms. The number of ketones is 1. The Bertz CT molecular complexity index is 733. The van der Waals surface area contributed by atoms with Gasteiger partial charge in [0.05, 0.1) is 6.04 Å². The average Bonchev–Trinajstić information content (AvgIpc) is 2.63. The number of Topliss-reactive ketones (excluding diaryl/α,β-unsaturated/α-hetero) is 1. The summed E-state index contributed by atoms with van der Waals surface area (Å²) in [6, 6.07) is 11.7. The second-order valence-corrected chi connectivity index (χ2v) is 6.60. The summed E-state index contributed by atoms with van der Waals surface area (Å²) >= 11 is 5.46. The van der Waals surface area contributed by atoms with E-state index in [0.29, 0.717) is 10.7 Å². The number of nitrogens with one attached hydrogen (secondary N) is 2. The summed E-state index contributed by atoms with van der Waals surface area (Å²) in [7, 11) is 0. The van der Waals surface area contributed by atoms with Crippen LogP contribution < -0.4 is 10.7 Å². The lowest BCUT2D eigenvalue weighted by molar-refractivity contribution is 0.101. The normalized spacial score (nSPS) is 17.7. The van der Waals surface area contributed by atoms with Gasteiger partial charge in [-0.05, 0) is 67.9 Å². The molecule has 0 spiro atoms. The summed E-state index contributed by atoms with van der Waals surface area (Å²) in [5.74, 6) is 0.0554. The third kappa shape index (κ3) is 4.61. The van der Waals surface area contributed by atoms with Crippen molar-refractivity contribution in [2.24, 2.45) is 0 Å². The van der Waals surface area contributed by atoms with Crippen molar-refractivity contribution in [3.63, 3.8) is 0 Å². The molecule has 0 aliphatic carbocycles. The number of hydrogen-bond donors (Lipinski definition) is 2. The highest BCUT2D eigenvalue weighted by atomic mass is 32.1. The Labute approximate surface area is 153 Å². The number of carbonyl (C=O) groups excluding carboxylic acids is 1. The molecular formula is C19H22N4OS. The fourth-order valence-electron chi connectivity index (χ4n) is 3.06. The van der Waals surface area contributed by atoms with Crippen LogP contribution in [0.4, 0.5) is 5.69 Å². The highest BCUT2D eigenvalue weighted by molar-refractivity contribution is 7.80. The van der Waals surface area contributed by atoms with Gasteiger partial charge in [0.1, 0.15) is 0 Å². The lowest BCUT2D eigenvalue weighted by Gasteiger charge is -2.36. The molecule has 0 saturated carbocycles. The van der Waals surface area contributed by atoms with Gasteiger partial charge in [-0.25, -0.2) is 5.01 Å². The van der Waals surface area contributed by atoms with Crippen molar-refractivity contribution in [3.05, 3.63) is 59.9 Å². The second kappa shape index (κ2) is 8.18. The van der Waals surface area contributed by atoms with Crippen molar-refractivity contribution in [1.82, 2.24) is 15.4 Å². The molecule has 3 rings (SSSR count). The minimum absolute atomic E-state index is 0.0554. The van der Waals surface area contributed by atoms with Crippen LogP contribution in [0.25, 0.3) is 0 Å². The molecule has 130 valence electrons. The van der Waals surface area contributed by atoms with Crippen LogP contribution in [0.2, 0.25) is 0 Å². The molecule has 2 heterocycles. The topological polar surface area (TPSA) is 57.3 Å². The number of aromatic nitrogens is 1. The summed E-state index contributed by atoms with van der Waals surface area (Å²) < 4.78 is 0. The minimum Gasteiger partial charge on any atom is -0.332 e. The Kier molecular flexibility index (Phi) is 5.73. The summed E-state index contributed by atoms with van der Waals surface area (Å²) in [5, 5.41) is 5.91. The van der Waals surface area contributed by atoms with E-state index in [9.17, 15) is 4.79 Å². The van der Waals surface area contributed by atoms with Crippen molar-refractivity contribution < 1.29 is 4.79 Å². The molecule has 1 aliphatic heterocycles. The van der Waals surface area contributed by atoms with E-state index in [4.69, 9.17) is 12.2 Å². The number of hydrazine groups is 1. The van der Waals surface area contributed by atoms with Crippen LogP contribution in [0.3, 0.4) is 0 Å². The third-order valence-corrected chi connectivity index (χ3v) is 4.56. The van der Waals surface area contributed by atoms with E-state index < -0.39 is 0 Å². The first-order valence-electron chi connectivity index (χ1n) is 8.48. The molecule has 1 saturated heterocycles. The van der Waals surface area contributed by atoms with Gasteiger partial charge >= 0.3 is 0 Å². The molecule has 1 aromatic heterocycles. The molecule has 25 heavy (non-hydrogen) atoms. The smallest absolute Gasteiger partial charge is 0.185 e. The molecular weight excluding hydrogens is 332 g/mol.